The first kappa shape index (κ1) is 34.9. The second-order valence-electron chi connectivity index (χ2n) is 15.6. The maximum Gasteiger partial charge on any atom is 0.159 e. The number of benzene rings is 10. The molecule has 0 fully saturated rings. The number of nitrogens with zero attached hydrogens (tertiary/aromatic N) is 2. The SMILES string of the molecule is c1ccc(-c2cccc(N(c3ccc(-c4cccc5ccccc45)cc3)c3ccccc3-c3cccc4c3c3ccccc3n4-c3cccc4c3oc3ccccc34)c2)cc1. The van der Waals surface area contributed by atoms with Gasteiger partial charge >= 0.3 is 0 Å². The lowest BCUT2D eigenvalue weighted by molar-refractivity contribution is 0.666. The van der Waals surface area contributed by atoms with Crippen LogP contribution in [0.3, 0.4) is 0 Å². The molecule has 2 aromatic heterocycles. The molecule has 0 unspecified atom stereocenters. The summed E-state index contributed by atoms with van der Waals surface area (Å²) in [6.07, 6.45) is 0. The number of fused-ring (bicyclic) bond motifs is 7. The van der Waals surface area contributed by atoms with Gasteiger partial charge in [0, 0.05) is 38.5 Å². The van der Waals surface area contributed by atoms with E-state index >= 15 is 0 Å². The molecule has 0 aliphatic carbocycles. The van der Waals surface area contributed by atoms with Crippen LogP contribution >= 0.6 is 0 Å². The van der Waals surface area contributed by atoms with Crippen LogP contribution in [-0.4, -0.2) is 4.57 Å². The average Bonchev–Trinajstić information content (AvgIpc) is 3.89. The van der Waals surface area contributed by atoms with Gasteiger partial charge in [-0.25, -0.2) is 0 Å². The van der Waals surface area contributed by atoms with E-state index in [0.717, 1.165) is 72.4 Å². The number of anilines is 3. The smallest absolute Gasteiger partial charge is 0.159 e. The quantitative estimate of drug-likeness (QED) is 0.161. The monoisotopic (exact) mass is 778 g/mol. The highest BCUT2D eigenvalue weighted by molar-refractivity contribution is 6.18. The Morgan fingerprint density at radius 2 is 0.984 bits per heavy atom. The molecule has 0 N–H and O–H groups in total. The third kappa shape index (κ3) is 5.74. The number of para-hydroxylation sites is 4. The number of rotatable bonds is 7. The van der Waals surface area contributed by atoms with Crippen LogP contribution < -0.4 is 4.90 Å². The van der Waals surface area contributed by atoms with Crippen molar-refractivity contribution in [2.45, 2.75) is 0 Å². The van der Waals surface area contributed by atoms with Crippen molar-refractivity contribution in [3.05, 3.63) is 231 Å². The maximum absolute atomic E-state index is 6.64. The summed E-state index contributed by atoms with van der Waals surface area (Å²) in [5.41, 5.74) is 15.4. The fraction of sp³-hybridized carbons (Fsp3) is 0. The van der Waals surface area contributed by atoms with Crippen molar-refractivity contribution < 1.29 is 4.42 Å². The Labute approximate surface area is 353 Å². The standard InChI is InChI=1S/C58H38N2O/c1-2-16-39(17-3-1)42-20-12-21-44(38-42)59(43-36-34-41(35-37-43)46-26-13-19-40-18-4-5-22-45(40)46)52-29-9-6-23-47(52)49-27-14-31-54-57(49)51-25-7-10-30-53(51)60(54)55-32-15-28-50-48-24-8-11-33-56(48)61-58(50)55/h1-38H. The van der Waals surface area contributed by atoms with Gasteiger partial charge in [0.25, 0.3) is 0 Å². The van der Waals surface area contributed by atoms with Crippen LogP contribution in [0.2, 0.25) is 0 Å². The molecule has 0 spiro atoms. The van der Waals surface area contributed by atoms with Crippen molar-refractivity contribution in [1.29, 1.82) is 0 Å². The van der Waals surface area contributed by atoms with Crippen LogP contribution in [0.1, 0.15) is 0 Å². The van der Waals surface area contributed by atoms with E-state index in [-0.39, 0.29) is 0 Å². The molecule has 2 heterocycles. The van der Waals surface area contributed by atoms with E-state index in [1.54, 1.807) is 0 Å². The molecule has 12 rings (SSSR count). The summed E-state index contributed by atoms with van der Waals surface area (Å²) in [6.45, 7) is 0. The van der Waals surface area contributed by atoms with Crippen molar-refractivity contribution in [2.24, 2.45) is 0 Å². The lowest BCUT2D eigenvalue weighted by atomic mass is 9.96. The highest BCUT2D eigenvalue weighted by Gasteiger charge is 2.23. The lowest BCUT2D eigenvalue weighted by Crippen LogP contribution is -2.11. The molecule has 0 saturated carbocycles. The van der Waals surface area contributed by atoms with Crippen molar-refractivity contribution in [3.63, 3.8) is 0 Å². The zero-order chi connectivity index (χ0) is 40.3. The van der Waals surface area contributed by atoms with Gasteiger partial charge in [0.05, 0.1) is 22.4 Å². The predicted octanol–water partition coefficient (Wildman–Crippen LogP) is 16.3. The number of furan rings is 1. The van der Waals surface area contributed by atoms with Crippen molar-refractivity contribution in [1.82, 2.24) is 4.57 Å². The van der Waals surface area contributed by atoms with E-state index in [1.807, 2.05) is 6.07 Å². The van der Waals surface area contributed by atoms with Gasteiger partial charge < -0.3 is 13.9 Å². The van der Waals surface area contributed by atoms with E-state index in [4.69, 9.17) is 4.42 Å². The molecule has 0 radical (unpaired) electrons. The first-order chi connectivity index (χ1) is 30.3. The van der Waals surface area contributed by atoms with Crippen LogP contribution in [-0.2, 0) is 0 Å². The summed E-state index contributed by atoms with van der Waals surface area (Å²) in [7, 11) is 0. The molecule has 12 aromatic rings. The van der Waals surface area contributed by atoms with Gasteiger partial charge in [0.15, 0.2) is 5.58 Å². The molecule has 0 aliphatic rings. The zero-order valence-corrected chi connectivity index (χ0v) is 33.2. The Morgan fingerprint density at radius 3 is 1.89 bits per heavy atom. The van der Waals surface area contributed by atoms with Gasteiger partial charge in [-0.2, -0.15) is 0 Å². The molecular weight excluding hydrogens is 741 g/mol. The fourth-order valence-corrected chi connectivity index (χ4v) is 9.46. The minimum absolute atomic E-state index is 0.883. The molecule has 0 atom stereocenters. The third-order valence-corrected chi connectivity index (χ3v) is 12.2. The third-order valence-electron chi connectivity index (χ3n) is 12.2. The van der Waals surface area contributed by atoms with E-state index in [0.29, 0.717) is 0 Å². The second-order valence-corrected chi connectivity index (χ2v) is 15.6. The molecule has 0 bridgehead atoms. The topological polar surface area (TPSA) is 21.3 Å². The minimum atomic E-state index is 0.883. The summed E-state index contributed by atoms with van der Waals surface area (Å²) in [6, 6.07) is 82.9. The Morgan fingerprint density at radius 1 is 0.361 bits per heavy atom. The van der Waals surface area contributed by atoms with Gasteiger partial charge in [-0.05, 0) is 93.2 Å². The average molecular weight is 779 g/mol. The van der Waals surface area contributed by atoms with Crippen LogP contribution in [0.5, 0.6) is 0 Å². The predicted molar refractivity (Wildman–Crippen MR) is 257 cm³/mol. The van der Waals surface area contributed by atoms with Gasteiger partial charge in [-0.3, -0.25) is 0 Å². The summed E-state index contributed by atoms with van der Waals surface area (Å²) in [5.74, 6) is 0. The van der Waals surface area contributed by atoms with Gasteiger partial charge in [-0.1, -0.05) is 176 Å². The molecule has 3 nitrogen and oxygen atoms in total. The summed E-state index contributed by atoms with van der Waals surface area (Å²) < 4.78 is 9.02. The molecule has 0 saturated heterocycles. The Kier molecular flexibility index (Phi) is 8.17. The van der Waals surface area contributed by atoms with Crippen molar-refractivity contribution in [2.75, 3.05) is 4.90 Å². The fourth-order valence-electron chi connectivity index (χ4n) is 9.46. The van der Waals surface area contributed by atoms with Gasteiger partial charge in [0.2, 0.25) is 0 Å². The number of hydrogen-bond acceptors (Lipinski definition) is 2. The van der Waals surface area contributed by atoms with E-state index in [2.05, 4.69) is 234 Å². The molecule has 61 heavy (non-hydrogen) atoms. The lowest BCUT2D eigenvalue weighted by Gasteiger charge is -2.28. The molecule has 3 heteroatoms. The highest BCUT2D eigenvalue weighted by atomic mass is 16.3. The van der Waals surface area contributed by atoms with Crippen LogP contribution in [0, 0.1) is 0 Å². The summed E-state index contributed by atoms with van der Waals surface area (Å²) in [5, 5.41) is 7.11. The van der Waals surface area contributed by atoms with E-state index in [1.165, 1.54) is 38.2 Å². The van der Waals surface area contributed by atoms with E-state index in [9.17, 15) is 0 Å². The van der Waals surface area contributed by atoms with Crippen molar-refractivity contribution in [3.8, 4) is 39.1 Å². The van der Waals surface area contributed by atoms with Crippen molar-refractivity contribution >= 4 is 71.6 Å². The first-order valence-corrected chi connectivity index (χ1v) is 20.8. The number of hydrogen-bond donors (Lipinski definition) is 0. The molecule has 286 valence electrons. The minimum Gasteiger partial charge on any atom is -0.454 e. The Balaban J connectivity index is 1.08. The van der Waals surface area contributed by atoms with Crippen LogP contribution in [0.4, 0.5) is 17.1 Å². The zero-order valence-electron chi connectivity index (χ0n) is 33.2. The van der Waals surface area contributed by atoms with Crippen LogP contribution in [0.25, 0.3) is 93.6 Å². The first-order valence-electron chi connectivity index (χ1n) is 20.8. The maximum atomic E-state index is 6.64. The molecule has 0 aliphatic heterocycles. The molecular formula is C58H38N2O. The van der Waals surface area contributed by atoms with Crippen LogP contribution in [0.15, 0.2) is 235 Å². The van der Waals surface area contributed by atoms with Gasteiger partial charge in [-0.15, -0.1) is 0 Å². The summed E-state index contributed by atoms with van der Waals surface area (Å²) in [4.78, 5) is 2.42. The Hall–Kier alpha value is -8.14. The normalized spacial score (nSPS) is 11.6. The number of aromatic nitrogens is 1. The Bertz CT molecular complexity index is 3590. The second kappa shape index (κ2) is 14.3. The van der Waals surface area contributed by atoms with E-state index < -0.39 is 0 Å². The van der Waals surface area contributed by atoms with Gasteiger partial charge in [0.1, 0.15) is 5.58 Å². The highest BCUT2D eigenvalue weighted by Crippen LogP contribution is 2.47. The molecule has 10 aromatic carbocycles. The molecule has 0 amide bonds. The largest absolute Gasteiger partial charge is 0.454 e. The summed E-state index contributed by atoms with van der Waals surface area (Å²) >= 11 is 0.